The number of halogens is 1. The minimum atomic E-state index is -0.971. The molecule has 5 heteroatoms. The van der Waals surface area contributed by atoms with Gasteiger partial charge in [0.05, 0.1) is 11.5 Å². The second-order valence-electron chi connectivity index (χ2n) is 8.16. The molecule has 0 saturated carbocycles. The minimum Gasteiger partial charge on any atom is -0.480 e. The van der Waals surface area contributed by atoms with Crippen molar-refractivity contribution in [3.63, 3.8) is 0 Å². The molecule has 4 rings (SSSR count). The van der Waals surface area contributed by atoms with Gasteiger partial charge in [-0.3, -0.25) is 4.79 Å². The number of amides is 1. The molecule has 0 spiro atoms. The topological polar surface area (TPSA) is 57.6 Å². The molecule has 1 saturated heterocycles. The Hall–Kier alpha value is -2.85. The summed E-state index contributed by atoms with van der Waals surface area (Å²) in [5.74, 6) is -1.14. The van der Waals surface area contributed by atoms with Gasteiger partial charge < -0.3 is 10.0 Å². The van der Waals surface area contributed by atoms with Crippen molar-refractivity contribution in [1.29, 1.82) is 0 Å². The molecule has 1 aliphatic heterocycles. The predicted octanol–water partition coefficient (Wildman–Crippen LogP) is 5.51. The maximum Gasteiger partial charge on any atom is 0.326 e. The van der Waals surface area contributed by atoms with Gasteiger partial charge in [-0.25, -0.2) is 4.79 Å². The molecule has 154 valence electrons. The van der Waals surface area contributed by atoms with E-state index in [4.69, 9.17) is 11.6 Å². The van der Waals surface area contributed by atoms with E-state index in [1.165, 1.54) is 0 Å². The summed E-state index contributed by atoms with van der Waals surface area (Å²) in [4.78, 5) is 27.2. The number of hydrogen-bond donors (Lipinski definition) is 1. The highest BCUT2D eigenvalue weighted by atomic mass is 35.5. The largest absolute Gasteiger partial charge is 0.480 e. The average Bonchev–Trinajstić information content (AvgIpc) is 3.20. The number of rotatable bonds is 4. The maximum absolute atomic E-state index is 13.7. The van der Waals surface area contributed by atoms with Gasteiger partial charge in [-0.05, 0) is 49.0 Å². The number of hydrogen-bond acceptors (Lipinski definition) is 2. The van der Waals surface area contributed by atoms with Gasteiger partial charge in [0.1, 0.15) is 6.04 Å². The number of carboxylic acids is 1. The zero-order valence-corrected chi connectivity index (χ0v) is 17.5. The van der Waals surface area contributed by atoms with Crippen molar-refractivity contribution in [2.24, 2.45) is 5.41 Å². The third-order valence-corrected chi connectivity index (χ3v) is 6.49. The highest BCUT2D eigenvalue weighted by Crippen LogP contribution is 2.44. The van der Waals surface area contributed by atoms with Crippen molar-refractivity contribution in [1.82, 2.24) is 4.90 Å². The van der Waals surface area contributed by atoms with Gasteiger partial charge >= 0.3 is 5.97 Å². The second-order valence-corrected chi connectivity index (χ2v) is 8.57. The van der Waals surface area contributed by atoms with Crippen LogP contribution in [0.15, 0.2) is 72.8 Å². The molecule has 1 fully saturated rings. The van der Waals surface area contributed by atoms with Gasteiger partial charge in [-0.1, -0.05) is 78.4 Å². The van der Waals surface area contributed by atoms with Crippen LogP contribution in [0.1, 0.15) is 43.4 Å². The van der Waals surface area contributed by atoms with Crippen LogP contribution in [0.3, 0.4) is 0 Å². The summed E-state index contributed by atoms with van der Waals surface area (Å²) in [7, 11) is 0. The van der Waals surface area contributed by atoms with E-state index in [9.17, 15) is 14.7 Å². The van der Waals surface area contributed by atoms with Crippen LogP contribution in [0, 0.1) is 5.41 Å². The van der Waals surface area contributed by atoms with E-state index in [1.54, 1.807) is 11.0 Å². The Morgan fingerprint density at radius 2 is 1.77 bits per heavy atom. The lowest BCUT2D eigenvalue weighted by molar-refractivity contribution is -0.153. The average molecular weight is 422 g/mol. The molecule has 0 radical (unpaired) electrons. The molecule has 1 N–H and O–H groups in total. The summed E-state index contributed by atoms with van der Waals surface area (Å²) in [6.07, 6.45) is 7.46. The van der Waals surface area contributed by atoms with Gasteiger partial charge in [0.25, 0.3) is 0 Å². The van der Waals surface area contributed by atoms with Crippen molar-refractivity contribution < 1.29 is 14.7 Å². The van der Waals surface area contributed by atoms with Gasteiger partial charge in [0.2, 0.25) is 5.91 Å². The predicted molar refractivity (Wildman–Crippen MR) is 118 cm³/mol. The highest BCUT2D eigenvalue weighted by molar-refractivity contribution is 6.31. The molecule has 1 heterocycles. The fourth-order valence-corrected chi connectivity index (χ4v) is 4.68. The Kier molecular flexibility index (Phi) is 5.52. The lowest BCUT2D eigenvalue weighted by Gasteiger charge is -2.37. The summed E-state index contributed by atoms with van der Waals surface area (Å²) in [5.41, 5.74) is 2.18. The lowest BCUT2D eigenvalue weighted by atomic mass is 9.79. The Labute approximate surface area is 181 Å². The molecule has 0 bridgehead atoms. The molecule has 1 amide bonds. The van der Waals surface area contributed by atoms with E-state index < -0.39 is 17.4 Å². The Morgan fingerprint density at radius 3 is 2.40 bits per heavy atom. The van der Waals surface area contributed by atoms with E-state index in [-0.39, 0.29) is 11.9 Å². The van der Waals surface area contributed by atoms with Crippen molar-refractivity contribution in [2.45, 2.75) is 38.3 Å². The van der Waals surface area contributed by atoms with E-state index >= 15 is 0 Å². The quantitative estimate of drug-likeness (QED) is 0.708. The zero-order chi connectivity index (χ0) is 21.3. The normalized spacial score (nSPS) is 25.8. The molecule has 3 atom stereocenters. The molecule has 2 aliphatic rings. The molecule has 1 aliphatic carbocycles. The molecule has 4 nitrogen and oxygen atoms in total. The zero-order valence-electron chi connectivity index (χ0n) is 16.8. The molecule has 1 unspecified atom stereocenters. The van der Waals surface area contributed by atoms with Crippen LogP contribution in [0.2, 0.25) is 5.02 Å². The first-order valence-electron chi connectivity index (χ1n) is 10.2. The molecular weight excluding hydrogens is 398 g/mol. The van der Waals surface area contributed by atoms with Crippen LogP contribution >= 0.6 is 11.6 Å². The van der Waals surface area contributed by atoms with Crippen LogP contribution in [0.25, 0.3) is 5.57 Å². The summed E-state index contributed by atoms with van der Waals surface area (Å²) in [6, 6.07) is 16.2. The van der Waals surface area contributed by atoms with E-state index in [1.807, 2.05) is 67.6 Å². The fourth-order valence-electron chi connectivity index (χ4n) is 4.42. The van der Waals surface area contributed by atoms with Crippen LogP contribution in [0.4, 0.5) is 0 Å². The van der Waals surface area contributed by atoms with E-state index in [2.05, 4.69) is 6.08 Å². The number of allylic oxidation sites excluding steroid dienone is 3. The number of benzene rings is 2. The number of aliphatic carboxylic acids is 1. The van der Waals surface area contributed by atoms with Gasteiger partial charge in [0.15, 0.2) is 0 Å². The Bertz CT molecular complexity index is 1030. The monoisotopic (exact) mass is 421 g/mol. The molecule has 30 heavy (non-hydrogen) atoms. The van der Waals surface area contributed by atoms with Crippen molar-refractivity contribution in [3.05, 3.63) is 89.0 Å². The van der Waals surface area contributed by atoms with Crippen molar-refractivity contribution in [2.75, 3.05) is 0 Å². The van der Waals surface area contributed by atoms with Crippen LogP contribution in [-0.4, -0.2) is 27.9 Å². The minimum absolute atomic E-state index is 0.170. The molecular formula is C25H24ClNO3. The first-order valence-corrected chi connectivity index (χ1v) is 10.5. The first-order chi connectivity index (χ1) is 14.4. The Balaban J connectivity index is 1.64. The highest BCUT2D eigenvalue weighted by Gasteiger charge is 2.47. The summed E-state index contributed by atoms with van der Waals surface area (Å²) in [6.45, 7) is 1.88. The number of nitrogens with zero attached hydrogens (tertiary/aromatic N) is 1. The second kappa shape index (κ2) is 8.11. The number of carbonyl (C=O) groups is 2. The number of likely N-dealkylation sites (tertiary alicyclic amines) is 1. The van der Waals surface area contributed by atoms with Crippen LogP contribution < -0.4 is 0 Å². The first kappa shape index (κ1) is 20.4. The lowest BCUT2D eigenvalue weighted by Crippen LogP contribution is -2.48. The van der Waals surface area contributed by atoms with Gasteiger partial charge in [-0.15, -0.1) is 0 Å². The standard InChI is InChI=1S/C25H24ClNO3/c1-25(15-13-18(14-16-25)17-7-3-2-4-8-17)24(30)27-21(11-12-22(27)23(28)29)19-9-5-6-10-20(19)26/h2-10,13-15,21-22H,11-12,16H2,1H3,(H,28,29)/t21-,22+,25?/m1/s1. The van der Waals surface area contributed by atoms with E-state index in [0.29, 0.717) is 24.3 Å². The van der Waals surface area contributed by atoms with Gasteiger partial charge in [-0.2, -0.15) is 0 Å². The smallest absolute Gasteiger partial charge is 0.326 e. The summed E-state index contributed by atoms with van der Waals surface area (Å²) in [5, 5.41) is 10.3. The number of carbonyl (C=O) groups excluding carboxylic acids is 1. The van der Waals surface area contributed by atoms with Gasteiger partial charge in [0, 0.05) is 5.02 Å². The fraction of sp³-hybridized carbons (Fsp3) is 0.280. The number of carboxylic acid groups (broad SMARTS) is 1. The third-order valence-electron chi connectivity index (χ3n) is 6.14. The van der Waals surface area contributed by atoms with Crippen LogP contribution in [-0.2, 0) is 9.59 Å². The summed E-state index contributed by atoms with van der Waals surface area (Å²) < 4.78 is 0. The van der Waals surface area contributed by atoms with Crippen molar-refractivity contribution in [3.8, 4) is 0 Å². The molecule has 0 aromatic heterocycles. The Morgan fingerprint density at radius 1 is 1.07 bits per heavy atom. The summed E-state index contributed by atoms with van der Waals surface area (Å²) >= 11 is 6.40. The van der Waals surface area contributed by atoms with Crippen LogP contribution in [0.5, 0.6) is 0 Å². The molecule has 2 aromatic carbocycles. The molecule has 2 aromatic rings. The maximum atomic E-state index is 13.7. The third kappa shape index (κ3) is 3.68. The van der Waals surface area contributed by atoms with E-state index in [0.717, 1.165) is 16.7 Å². The SMILES string of the molecule is CC1(C(=O)N2[C@@H](c3ccccc3Cl)CC[C@H]2C(=O)O)C=CC(c2ccccc2)=CC1. The van der Waals surface area contributed by atoms with Crippen molar-refractivity contribution >= 4 is 29.1 Å².